The maximum absolute atomic E-state index is 8.64. The molecule has 0 aliphatic carbocycles. The summed E-state index contributed by atoms with van der Waals surface area (Å²) in [6.07, 6.45) is 0. The van der Waals surface area contributed by atoms with Gasteiger partial charge in [-0.15, -0.1) is 0 Å². The molecular formula is C13H11ClN2O2. The van der Waals surface area contributed by atoms with Gasteiger partial charge in [-0.05, 0) is 24.3 Å². The predicted molar refractivity (Wildman–Crippen MR) is 68.8 cm³/mol. The Morgan fingerprint density at radius 2 is 2.22 bits per heavy atom. The third kappa shape index (κ3) is 2.76. The molecule has 0 aliphatic rings. The van der Waals surface area contributed by atoms with Crippen LogP contribution in [0.5, 0.6) is 5.75 Å². The van der Waals surface area contributed by atoms with Crippen molar-refractivity contribution in [3.8, 4) is 11.8 Å². The Balaban J connectivity index is 2.04. The number of ether oxygens (including phenoxy) is 1. The average molecular weight is 263 g/mol. The number of anilines is 1. The number of rotatable bonds is 4. The lowest BCUT2D eigenvalue weighted by molar-refractivity contribution is 0.415. The van der Waals surface area contributed by atoms with Crippen LogP contribution in [0.25, 0.3) is 0 Å². The average Bonchev–Trinajstić information content (AvgIpc) is 2.86. The van der Waals surface area contributed by atoms with Crippen molar-refractivity contribution >= 4 is 17.3 Å². The van der Waals surface area contributed by atoms with Crippen molar-refractivity contribution in [2.75, 3.05) is 12.4 Å². The molecule has 0 aliphatic heterocycles. The van der Waals surface area contributed by atoms with Gasteiger partial charge in [0.1, 0.15) is 17.6 Å². The number of methoxy groups -OCH3 is 1. The summed E-state index contributed by atoms with van der Waals surface area (Å²) in [4.78, 5) is 0. The van der Waals surface area contributed by atoms with Crippen LogP contribution in [0.3, 0.4) is 0 Å². The molecule has 0 spiro atoms. The Hall–Kier alpha value is -2.12. The van der Waals surface area contributed by atoms with Crippen molar-refractivity contribution in [2.24, 2.45) is 0 Å². The molecule has 0 fully saturated rings. The fourth-order valence-corrected chi connectivity index (χ4v) is 1.69. The van der Waals surface area contributed by atoms with E-state index in [0.29, 0.717) is 28.8 Å². The summed E-state index contributed by atoms with van der Waals surface area (Å²) in [5, 5.41) is 12.4. The second-order valence-electron chi connectivity index (χ2n) is 3.58. The molecule has 0 unspecified atom stereocenters. The van der Waals surface area contributed by atoms with Crippen LogP contribution in [0.4, 0.5) is 5.69 Å². The molecule has 1 heterocycles. The Morgan fingerprint density at radius 1 is 1.39 bits per heavy atom. The van der Waals surface area contributed by atoms with Gasteiger partial charge in [0.05, 0.1) is 18.7 Å². The van der Waals surface area contributed by atoms with E-state index in [4.69, 9.17) is 26.0 Å². The first-order valence-electron chi connectivity index (χ1n) is 5.29. The molecule has 0 saturated heterocycles. The van der Waals surface area contributed by atoms with Gasteiger partial charge in [-0.2, -0.15) is 5.26 Å². The largest absolute Gasteiger partial charge is 0.495 e. The zero-order valence-electron chi connectivity index (χ0n) is 9.74. The van der Waals surface area contributed by atoms with Crippen LogP contribution >= 0.6 is 11.6 Å². The Bertz CT molecular complexity index is 587. The van der Waals surface area contributed by atoms with Gasteiger partial charge in [0.25, 0.3) is 0 Å². The van der Waals surface area contributed by atoms with Gasteiger partial charge in [-0.3, -0.25) is 0 Å². The summed E-state index contributed by atoms with van der Waals surface area (Å²) < 4.78 is 10.4. The van der Waals surface area contributed by atoms with E-state index in [1.807, 2.05) is 12.1 Å². The molecular weight excluding hydrogens is 252 g/mol. The molecule has 2 rings (SSSR count). The van der Waals surface area contributed by atoms with Crippen LogP contribution in [0.15, 0.2) is 34.7 Å². The standard InChI is InChI=1S/C13H11ClN2O2/c1-17-13-6-9(2-5-12(13)14)16-8-11-4-3-10(7-15)18-11/h2-6,16H,8H2,1H3. The smallest absolute Gasteiger partial charge is 0.203 e. The second-order valence-corrected chi connectivity index (χ2v) is 3.99. The van der Waals surface area contributed by atoms with Crippen LogP contribution < -0.4 is 10.1 Å². The van der Waals surface area contributed by atoms with Crippen molar-refractivity contribution in [3.05, 3.63) is 46.9 Å². The Morgan fingerprint density at radius 3 is 2.89 bits per heavy atom. The van der Waals surface area contributed by atoms with Crippen molar-refractivity contribution in [2.45, 2.75) is 6.54 Å². The SMILES string of the molecule is COc1cc(NCc2ccc(C#N)o2)ccc1Cl. The molecule has 0 bridgehead atoms. The molecule has 1 N–H and O–H groups in total. The van der Waals surface area contributed by atoms with Crippen molar-refractivity contribution in [3.63, 3.8) is 0 Å². The Labute approximate surface area is 110 Å². The number of nitriles is 1. The summed E-state index contributed by atoms with van der Waals surface area (Å²) in [7, 11) is 1.57. The molecule has 18 heavy (non-hydrogen) atoms. The maximum Gasteiger partial charge on any atom is 0.203 e. The highest BCUT2D eigenvalue weighted by atomic mass is 35.5. The van der Waals surface area contributed by atoms with Gasteiger partial charge in [-0.25, -0.2) is 0 Å². The quantitative estimate of drug-likeness (QED) is 0.917. The molecule has 1 aromatic heterocycles. The van der Waals surface area contributed by atoms with E-state index >= 15 is 0 Å². The predicted octanol–water partition coefficient (Wildman–Crippen LogP) is 3.43. The minimum absolute atomic E-state index is 0.306. The van der Waals surface area contributed by atoms with E-state index in [-0.39, 0.29) is 0 Å². The first kappa shape index (κ1) is 12.3. The molecule has 4 nitrogen and oxygen atoms in total. The number of nitrogens with zero attached hydrogens (tertiary/aromatic N) is 1. The van der Waals surface area contributed by atoms with Crippen molar-refractivity contribution < 1.29 is 9.15 Å². The zero-order valence-corrected chi connectivity index (χ0v) is 10.5. The van der Waals surface area contributed by atoms with Crippen molar-refractivity contribution in [1.82, 2.24) is 0 Å². The summed E-state index contributed by atoms with van der Waals surface area (Å²) in [5.41, 5.74) is 0.867. The van der Waals surface area contributed by atoms with Gasteiger partial charge < -0.3 is 14.5 Å². The monoisotopic (exact) mass is 262 g/mol. The highest BCUT2D eigenvalue weighted by Gasteiger charge is 2.04. The number of nitrogens with one attached hydrogen (secondary N) is 1. The van der Waals surface area contributed by atoms with E-state index in [0.717, 1.165) is 5.69 Å². The molecule has 5 heteroatoms. The first-order valence-corrected chi connectivity index (χ1v) is 5.67. The Kier molecular flexibility index (Phi) is 3.75. The van der Waals surface area contributed by atoms with Gasteiger partial charge in [0.15, 0.2) is 0 Å². The van der Waals surface area contributed by atoms with E-state index in [2.05, 4.69) is 5.32 Å². The highest BCUT2D eigenvalue weighted by Crippen LogP contribution is 2.27. The van der Waals surface area contributed by atoms with E-state index in [9.17, 15) is 0 Å². The number of halogens is 1. The fourth-order valence-electron chi connectivity index (χ4n) is 1.49. The molecule has 1 aromatic carbocycles. The summed E-state index contributed by atoms with van der Waals surface area (Å²) in [5.74, 6) is 1.61. The lowest BCUT2D eigenvalue weighted by Crippen LogP contribution is -1.98. The van der Waals surface area contributed by atoms with Crippen LogP contribution in [0.1, 0.15) is 11.5 Å². The second kappa shape index (κ2) is 5.48. The maximum atomic E-state index is 8.64. The molecule has 0 amide bonds. The molecule has 92 valence electrons. The topological polar surface area (TPSA) is 58.2 Å². The summed E-state index contributed by atoms with van der Waals surface area (Å²) in [6, 6.07) is 10.7. The number of hydrogen-bond acceptors (Lipinski definition) is 4. The highest BCUT2D eigenvalue weighted by molar-refractivity contribution is 6.32. The number of hydrogen-bond donors (Lipinski definition) is 1. The van der Waals surface area contributed by atoms with Gasteiger partial charge in [0.2, 0.25) is 5.76 Å². The van der Waals surface area contributed by atoms with Crippen LogP contribution in [0.2, 0.25) is 5.02 Å². The van der Waals surface area contributed by atoms with Gasteiger partial charge in [0, 0.05) is 11.8 Å². The van der Waals surface area contributed by atoms with Crippen LogP contribution in [-0.2, 0) is 6.54 Å². The summed E-state index contributed by atoms with van der Waals surface area (Å²) >= 11 is 5.93. The molecule has 2 aromatic rings. The lowest BCUT2D eigenvalue weighted by atomic mass is 10.3. The normalized spacial score (nSPS) is 9.83. The minimum atomic E-state index is 0.306. The third-order valence-corrected chi connectivity index (χ3v) is 2.70. The van der Waals surface area contributed by atoms with Gasteiger partial charge >= 0.3 is 0 Å². The van der Waals surface area contributed by atoms with E-state index in [1.54, 1.807) is 31.4 Å². The first-order chi connectivity index (χ1) is 8.72. The summed E-state index contributed by atoms with van der Waals surface area (Å²) in [6.45, 7) is 0.493. The van der Waals surface area contributed by atoms with Crippen molar-refractivity contribution in [1.29, 1.82) is 5.26 Å². The fraction of sp³-hybridized carbons (Fsp3) is 0.154. The minimum Gasteiger partial charge on any atom is -0.495 e. The molecule has 0 saturated carbocycles. The van der Waals surface area contributed by atoms with Crippen LogP contribution in [0, 0.1) is 11.3 Å². The third-order valence-electron chi connectivity index (χ3n) is 2.39. The molecule has 0 radical (unpaired) electrons. The van der Waals surface area contributed by atoms with E-state index in [1.165, 1.54) is 0 Å². The van der Waals surface area contributed by atoms with Crippen LogP contribution in [-0.4, -0.2) is 7.11 Å². The molecule has 0 atom stereocenters. The number of furan rings is 1. The number of benzene rings is 1. The lowest BCUT2D eigenvalue weighted by Gasteiger charge is -2.08. The van der Waals surface area contributed by atoms with Gasteiger partial charge in [-0.1, -0.05) is 11.6 Å². The van der Waals surface area contributed by atoms with E-state index < -0.39 is 0 Å². The zero-order chi connectivity index (χ0) is 13.0.